The lowest BCUT2D eigenvalue weighted by atomic mass is 10.2. The molecular formula is C12H11N3O. The third-order valence-electron chi connectivity index (χ3n) is 2.29. The summed E-state index contributed by atoms with van der Waals surface area (Å²) in [6.07, 6.45) is 1.81. The SMILES string of the molecule is COc1cc(N)cc(-n2cccc2C#N)c1. The van der Waals surface area contributed by atoms with Crippen molar-refractivity contribution in [3.63, 3.8) is 0 Å². The zero-order chi connectivity index (χ0) is 11.5. The maximum absolute atomic E-state index is 8.93. The van der Waals surface area contributed by atoms with Crippen LogP contribution in [0.5, 0.6) is 5.75 Å². The Balaban J connectivity index is 2.56. The van der Waals surface area contributed by atoms with Crippen LogP contribution in [0.25, 0.3) is 5.69 Å². The summed E-state index contributed by atoms with van der Waals surface area (Å²) >= 11 is 0. The summed E-state index contributed by atoms with van der Waals surface area (Å²) in [6, 6.07) is 11.0. The third kappa shape index (κ3) is 1.71. The summed E-state index contributed by atoms with van der Waals surface area (Å²) in [6.45, 7) is 0. The summed E-state index contributed by atoms with van der Waals surface area (Å²) < 4.78 is 6.89. The Morgan fingerprint density at radius 1 is 1.38 bits per heavy atom. The molecular weight excluding hydrogens is 202 g/mol. The summed E-state index contributed by atoms with van der Waals surface area (Å²) in [7, 11) is 1.58. The average molecular weight is 213 g/mol. The highest BCUT2D eigenvalue weighted by atomic mass is 16.5. The van der Waals surface area contributed by atoms with E-state index in [2.05, 4.69) is 6.07 Å². The molecule has 2 rings (SSSR count). The number of rotatable bonds is 2. The van der Waals surface area contributed by atoms with Gasteiger partial charge in [0.2, 0.25) is 0 Å². The van der Waals surface area contributed by atoms with E-state index in [1.807, 2.05) is 18.3 Å². The van der Waals surface area contributed by atoms with Crippen LogP contribution in [0.3, 0.4) is 0 Å². The molecule has 1 aromatic heterocycles. The minimum absolute atomic E-state index is 0.563. The lowest BCUT2D eigenvalue weighted by Crippen LogP contribution is -1.98. The van der Waals surface area contributed by atoms with Gasteiger partial charge in [-0.1, -0.05) is 0 Å². The molecule has 1 aromatic carbocycles. The fourth-order valence-corrected chi connectivity index (χ4v) is 1.56. The minimum atomic E-state index is 0.563. The summed E-state index contributed by atoms with van der Waals surface area (Å²) in [5, 5.41) is 8.93. The fourth-order valence-electron chi connectivity index (χ4n) is 1.56. The molecule has 0 amide bonds. The van der Waals surface area contributed by atoms with Gasteiger partial charge >= 0.3 is 0 Å². The molecule has 1 heterocycles. The van der Waals surface area contributed by atoms with Crippen molar-refractivity contribution >= 4 is 5.69 Å². The number of hydrogen-bond donors (Lipinski definition) is 1. The Hall–Kier alpha value is -2.41. The van der Waals surface area contributed by atoms with Crippen molar-refractivity contribution in [2.24, 2.45) is 0 Å². The zero-order valence-corrected chi connectivity index (χ0v) is 8.84. The topological polar surface area (TPSA) is 64.0 Å². The second kappa shape index (κ2) is 3.99. The normalized spacial score (nSPS) is 9.75. The number of aromatic nitrogens is 1. The molecule has 0 aliphatic rings. The van der Waals surface area contributed by atoms with Crippen LogP contribution < -0.4 is 10.5 Å². The van der Waals surface area contributed by atoms with Crippen LogP contribution in [-0.4, -0.2) is 11.7 Å². The Morgan fingerprint density at radius 3 is 2.88 bits per heavy atom. The van der Waals surface area contributed by atoms with Crippen molar-refractivity contribution in [2.75, 3.05) is 12.8 Å². The molecule has 2 N–H and O–H groups in total. The van der Waals surface area contributed by atoms with Gasteiger partial charge < -0.3 is 15.0 Å². The van der Waals surface area contributed by atoms with Crippen molar-refractivity contribution in [3.05, 3.63) is 42.2 Å². The number of ether oxygens (including phenoxy) is 1. The van der Waals surface area contributed by atoms with Gasteiger partial charge in [0.05, 0.1) is 12.8 Å². The molecule has 4 heteroatoms. The summed E-state index contributed by atoms with van der Waals surface area (Å²) in [5.74, 6) is 0.674. The lowest BCUT2D eigenvalue weighted by Gasteiger charge is -2.08. The highest BCUT2D eigenvalue weighted by Crippen LogP contribution is 2.22. The van der Waals surface area contributed by atoms with Crippen molar-refractivity contribution in [1.82, 2.24) is 4.57 Å². The number of anilines is 1. The zero-order valence-electron chi connectivity index (χ0n) is 8.84. The van der Waals surface area contributed by atoms with Crippen LogP contribution in [0.4, 0.5) is 5.69 Å². The molecule has 4 nitrogen and oxygen atoms in total. The third-order valence-corrected chi connectivity index (χ3v) is 2.29. The Bertz CT molecular complexity index is 552. The van der Waals surface area contributed by atoms with Crippen molar-refractivity contribution in [3.8, 4) is 17.5 Å². The minimum Gasteiger partial charge on any atom is -0.497 e. The second-order valence-electron chi connectivity index (χ2n) is 3.34. The predicted molar refractivity (Wildman–Crippen MR) is 61.4 cm³/mol. The number of nitrogens with zero attached hydrogens (tertiary/aromatic N) is 2. The van der Waals surface area contributed by atoms with Crippen LogP contribution in [0.15, 0.2) is 36.5 Å². The summed E-state index contributed by atoms with van der Waals surface area (Å²) in [4.78, 5) is 0. The molecule has 0 unspecified atom stereocenters. The van der Waals surface area contributed by atoms with E-state index < -0.39 is 0 Å². The van der Waals surface area contributed by atoms with E-state index in [1.54, 1.807) is 29.9 Å². The van der Waals surface area contributed by atoms with E-state index in [9.17, 15) is 0 Å². The average Bonchev–Trinajstić information content (AvgIpc) is 2.76. The first-order valence-corrected chi connectivity index (χ1v) is 4.77. The van der Waals surface area contributed by atoms with Crippen molar-refractivity contribution in [1.29, 1.82) is 5.26 Å². The van der Waals surface area contributed by atoms with E-state index in [4.69, 9.17) is 15.7 Å². The van der Waals surface area contributed by atoms with Crippen LogP contribution in [0, 0.1) is 11.3 Å². The highest BCUT2D eigenvalue weighted by Gasteiger charge is 2.04. The number of nitriles is 1. The Kier molecular flexibility index (Phi) is 2.52. The second-order valence-corrected chi connectivity index (χ2v) is 3.34. The molecule has 0 saturated heterocycles. The number of methoxy groups -OCH3 is 1. The van der Waals surface area contributed by atoms with Gasteiger partial charge in [0, 0.05) is 24.0 Å². The monoisotopic (exact) mass is 213 g/mol. The standard InChI is InChI=1S/C12H11N3O/c1-16-12-6-9(14)5-11(7-12)15-4-2-3-10(15)8-13/h2-7H,14H2,1H3. The van der Waals surface area contributed by atoms with Crippen LogP contribution >= 0.6 is 0 Å². The molecule has 0 fully saturated rings. The number of nitrogens with two attached hydrogens (primary N) is 1. The molecule has 0 atom stereocenters. The maximum atomic E-state index is 8.93. The van der Waals surface area contributed by atoms with Gasteiger partial charge in [0.25, 0.3) is 0 Å². The molecule has 2 aromatic rings. The van der Waals surface area contributed by atoms with Gasteiger partial charge in [-0.25, -0.2) is 0 Å². The van der Waals surface area contributed by atoms with Gasteiger partial charge in [0.1, 0.15) is 17.5 Å². The maximum Gasteiger partial charge on any atom is 0.124 e. The number of hydrogen-bond acceptors (Lipinski definition) is 3. The first-order chi connectivity index (χ1) is 7.74. The molecule has 0 aliphatic carbocycles. The van der Waals surface area contributed by atoms with Crippen LogP contribution in [0.2, 0.25) is 0 Å². The van der Waals surface area contributed by atoms with Gasteiger partial charge in [-0.3, -0.25) is 0 Å². The quantitative estimate of drug-likeness (QED) is 0.775. The predicted octanol–water partition coefficient (Wildman–Crippen LogP) is 1.94. The summed E-state index contributed by atoms with van der Waals surface area (Å²) in [5.41, 5.74) is 7.74. The van der Waals surface area contributed by atoms with Gasteiger partial charge in [-0.2, -0.15) is 5.26 Å². The van der Waals surface area contributed by atoms with Crippen LogP contribution in [-0.2, 0) is 0 Å². The molecule has 0 saturated carbocycles. The van der Waals surface area contributed by atoms with E-state index >= 15 is 0 Å². The van der Waals surface area contributed by atoms with Crippen molar-refractivity contribution in [2.45, 2.75) is 0 Å². The van der Waals surface area contributed by atoms with E-state index in [0.29, 0.717) is 17.1 Å². The van der Waals surface area contributed by atoms with Gasteiger partial charge in [-0.15, -0.1) is 0 Å². The molecule has 16 heavy (non-hydrogen) atoms. The molecule has 0 aliphatic heterocycles. The smallest absolute Gasteiger partial charge is 0.124 e. The largest absolute Gasteiger partial charge is 0.497 e. The van der Waals surface area contributed by atoms with E-state index in [0.717, 1.165) is 5.69 Å². The lowest BCUT2D eigenvalue weighted by molar-refractivity contribution is 0.415. The first kappa shape index (κ1) is 10.1. The van der Waals surface area contributed by atoms with E-state index in [-0.39, 0.29) is 0 Å². The Labute approximate surface area is 93.5 Å². The highest BCUT2D eigenvalue weighted by molar-refractivity contribution is 5.54. The number of benzene rings is 1. The molecule has 80 valence electrons. The van der Waals surface area contributed by atoms with Gasteiger partial charge in [0.15, 0.2) is 0 Å². The molecule has 0 bridgehead atoms. The molecule has 0 spiro atoms. The Morgan fingerprint density at radius 2 is 2.19 bits per heavy atom. The van der Waals surface area contributed by atoms with Gasteiger partial charge in [-0.05, 0) is 18.2 Å². The molecule has 0 radical (unpaired) electrons. The number of nitrogen functional groups attached to an aromatic ring is 1. The first-order valence-electron chi connectivity index (χ1n) is 4.77. The fraction of sp³-hybridized carbons (Fsp3) is 0.0833. The van der Waals surface area contributed by atoms with E-state index in [1.165, 1.54) is 0 Å². The van der Waals surface area contributed by atoms with Crippen molar-refractivity contribution < 1.29 is 4.74 Å². The van der Waals surface area contributed by atoms with Crippen LogP contribution in [0.1, 0.15) is 5.69 Å².